The predicted octanol–water partition coefficient (Wildman–Crippen LogP) is 1.12. The van der Waals surface area contributed by atoms with Gasteiger partial charge in [0, 0.05) is 38.3 Å². The van der Waals surface area contributed by atoms with E-state index in [9.17, 15) is 4.79 Å². The fourth-order valence-electron chi connectivity index (χ4n) is 2.90. The number of carbonyl (C=O) groups is 1. The van der Waals surface area contributed by atoms with Gasteiger partial charge in [0.05, 0.1) is 0 Å². The molecule has 122 valence electrons. The zero-order chi connectivity index (χ0) is 16.1. The molecule has 0 aliphatic carbocycles. The summed E-state index contributed by atoms with van der Waals surface area (Å²) >= 11 is 0. The molecule has 1 atom stereocenters. The van der Waals surface area contributed by atoms with Crippen molar-refractivity contribution in [2.75, 3.05) is 31.6 Å². The number of hydrogen-bond donors (Lipinski definition) is 1. The first-order chi connectivity index (χ1) is 10.6. The number of aromatic nitrogens is 2. The van der Waals surface area contributed by atoms with Crippen LogP contribution in [-0.2, 0) is 11.2 Å². The number of aryl methyl sites for hydroxylation is 1. The molecule has 1 fully saturated rings. The molecule has 0 aromatic carbocycles. The van der Waals surface area contributed by atoms with Crippen LogP contribution >= 0.6 is 0 Å². The van der Waals surface area contributed by atoms with Gasteiger partial charge in [-0.1, -0.05) is 19.8 Å². The van der Waals surface area contributed by atoms with Crippen LogP contribution in [0.15, 0.2) is 6.07 Å². The van der Waals surface area contributed by atoms with Gasteiger partial charge in [-0.15, -0.1) is 0 Å². The second kappa shape index (κ2) is 7.54. The second-order valence-corrected chi connectivity index (χ2v) is 5.91. The van der Waals surface area contributed by atoms with Crippen LogP contribution < -0.4 is 10.6 Å². The van der Waals surface area contributed by atoms with Crippen molar-refractivity contribution in [1.82, 2.24) is 14.9 Å². The quantitative estimate of drug-likeness (QED) is 0.852. The molecular weight excluding hydrogens is 278 g/mol. The molecule has 1 aromatic rings. The number of carbonyl (C=O) groups excluding carboxylic acids is 1. The lowest BCUT2D eigenvalue weighted by molar-refractivity contribution is -0.133. The topological polar surface area (TPSA) is 75.4 Å². The highest BCUT2D eigenvalue weighted by Gasteiger charge is 2.33. The Kier molecular flexibility index (Phi) is 5.71. The molecule has 6 heteroatoms. The van der Waals surface area contributed by atoms with Gasteiger partial charge in [-0.05, 0) is 19.9 Å². The van der Waals surface area contributed by atoms with Crippen molar-refractivity contribution in [2.24, 2.45) is 5.73 Å². The van der Waals surface area contributed by atoms with Crippen LogP contribution in [0.25, 0.3) is 0 Å². The van der Waals surface area contributed by atoms with E-state index < -0.39 is 0 Å². The standard InChI is InChI=1S/C16H27N5O/c1-4-5-6-14-16(22)20(3)9-10-21(14)15-11-13(7-8-17)18-12(2)19-15/h11,14H,4-10,17H2,1-3H3/t14-/m0/s1. The lowest BCUT2D eigenvalue weighted by Crippen LogP contribution is -2.56. The summed E-state index contributed by atoms with van der Waals surface area (Å²) in [5.41, 5.74) is 6.59. The number of nitrogens with zero attached hydrogens (tertiary/aromatic N) is 4. The summed E-state index contributed by atoms with van der Waals surface area (Å²) in [5, 5.41) is 0. The van der Waals surface area contributed by atoms with Crippen molar-refractivity contribution < 1.29 is 4.79 Å². The highest BCUT2D eigenvalue weighted by molar-refractivity contribution is 5.86. The van der Waals surface area contributed by atoms with Gasteiger partial charge in [-0.3, -0.25) is 4.79 Å². The number of nitrogens with two attached hydrogens (primary N) is 1. The third-order valence-corrected chi connectivity index (χ3v) is 4.12. The number of likely N-dealkylation sites (N-methyl/N-ethyl adjacent to an activating group) is 1. The zero-order valence-electron chi connectivity index (χ0n) is 13.9. The molecule has 2 rings (SSSR count). The normalized spacial score (nSPS) is 18.9. The van der Waals surface area contributed by atoms with Crippen LogP contribution in [0.4, 0.5) is 5.82 Å². The van der Waals surface area contributed by atoms with E-state index in [4.69, 9.17) is 5.73 Å². The fraction of sp³-hybridized carbons (Fsp3) is 0.688. The Hall–Kier alpha value is -1.69. The Labute approximate surface area is 132 Å². The third kappa shape index (κ3) is 3.74. The molecule has 0 radical (unpaired) electrons. The maximum atomic E-state index is 12.5. The number of piperazine rings is 1. The minimum atomic E-state index is -0.112. The second-order valence-electron chi connectivity index (χ2n) is 5.91. The molecule has 1 aliphatic heterocycles. The lowest BCUT2D eigenvalue weighted by atomic mass is 10.0. The Bertz CT molecular complexity index is 519. The predicted molar refractivity (Wildman–Crippen MR) is 87.8 cm³/mol. The van der Waals surface area contributed by atoms with Crippen molar-refractivity contribution in [3.05, 3.63) is 17.6 Å². The summed E-state index contributed by atoms with van der Waals surface area (Å²) in [4.78, 5) is 25.5. The summed E-state index contributed by atoms with van der Waals surface area (Å²) in [7, 11) is 1.88. The highest BCUT2D eigenvalue weighted by atomic mass is 16.2. The van der Waals surface area contributed by atoms with Gasteiger partial charge in [0.15, 0.2) is 0 Å². The van der Waals surface area contributed by atoms with Crippen LogP contribution in [0.1, 0.15) is 37.7 Å². The van der Waals surface area contributed by atoms with E-state index in [1.165, 1.54) is 0 Å². The van der Waals surface area contributed by atoms with Gasteiger partial charge >= 0.3 is 0 Å². The van der Waals surface area contributed by atoms with Gasteiger partial charge < -0.3 is 15.5 Å². The molecular formula is C16H27N5O. The molecule has 2 N–H and O–H groups in total. The van der Waals surface area contributed by atoms with E-state index in [1.807, 2.05) is 24.9 Å². The molecule has 1 saturated heterocycles. The van der Waals surface area contributed by atoms with E-state index in [0.717, 1.165) is 56.1 Å². The zero-order valence-corrected chi connectivity index (χ0v) is 13.9. The molecule has 2 heterocycles. The van der Waals surface area contributed by atoms with E-state index in [-0.39, 0.29) is 11.9 Å². The van der Waals surface area contributed by atoms with Crippen LogP contribution in [0.5, 0.6) is 0 Å². The molecule has 1 aromatic heterocycles. The van der Waals surface area contributed by atoms with Gasteiger partial charge in [0.2, 0.25) is 5.91 Å². The first-order valence-corrected chi connectivity index (χ1v) is 8.13. The smallest absolute Gasteiger partial charge is 0.245 e. The SMILES string of the molecule is CCCC[C@H]1C(=O)N(C)CCN1c1cc(CCN)nc(C)n1. The third-order valence-electron chi connectivity index (χ3n) is 4.12. The molecule has 22 heavy (non-hydrogen) atoms. The maximum absolute atomic E-state index is 12.5. The Balaban J connectivity index is 2.29. The lowest BCUT2D eigenvalue weighted by Gasteiger charge is -2.40. The summed E-state index contributed by atoms with van der Waals surface area (Å²) in [5.74, 6) is 1.79. The number of unbranched alkanes of at least 4 members (excludes halogenated alkanes) is 1. The first-order valence-electron chi connectivity index (χ1n) is 8.13. The molecule has 6 nitrogen and oxygen atoms in total. The van der Waals surface area contributed by atoms with Gasteiger partial charge in [-0.2, -0.15) is 0 Å². The van der Waals surface area contributed by atoms with Gasteiger partial charge in [-0.25, -0.2) is 9.97 Å². The minimum Gasteiger partial charge on any atom is -0.343 e. The van der Waals surface area contributed by atoms with Crippen LogP contribution in [0, 0.1) is 6.92 Å². The van der Waals surface area contributed by atoms with Crippen LogP contribution in [0.3, 0.4) is 0 Å². The van der Waals surface area contributed by atoms with Crippen molar-refractivity contribution in [3.63, 3.8) is 0 Å². The van der Waals surface area contributed by atoms with Gasteiger partial charge in [0.1, 0.15) is 17.7 Å². The largest absolute Gasteiger partial charge is 0.343 e. The summed E-state index contributed by atoms with van der Waals surface area (Å²) in [6.45, 7) is 6.15. The molecule has 1 amide bonds. The molecule has 1 aliphatic rings. The van der Waals surface area contributed by atoms with Gasteiger partial charge in [0.25, 0.3) is 0 Å². The first kappa shape index (κ1) is 16.7. The minimum absolute atomic E-state index is 0.112. The van der Waals surface area contributed by atoms with E-state index in [1.54, 1.807) is 0 Å². The van der Waals surface area contributed by atoms with Crippen molar-refractivity contribution >= 4 is 11.7 Å². The summed E-state index contributed by atoms with van der Waals surface area (Å²) in [6.07, 6.45) is 3.73. The average Bonchev–Trinajstić information content (AvgIpc) is 2.48. The maximum Gasteiger partial charge on any atom is 0.245 e. The molecule has 0 saturated carbocycles. The summed E-state index contributed by atoms with van der Waals surface area (Å²) < 4.78 is 0. The number of anilines is 1. The van der Waals surface area contributed by atoms with E-state index in [0.29, 0.717) is 6.54 Å². The molecule has 0 unspecified atom stereocenters. The van der Waals surface area contributed by atoms with Crippen molar-refractivity contribution in [2.45, 2.75) is 45.6 Å². The number of rotatable bonds is 6. The Morgan fingerprint density at radius 2 is 2.14 bits per heavy atom. The van der Waals surface area contributed by atoms with E-state index in [2.05, 4.69) is 21.8 Å². The molecule has 0 spiro atoms. The number of amides is 1. The van der Waals surface area contributed by atoms with Crippen LogP contribution in [0.2, 0.25) is 0 Å². The van der Waals surface area contributed by atoms with E-state index >= 15 is 0 Å². The summed E-state index contributed by atoms with van der Waals surface area (Å²) in [6, 6.07) is 1.87. The Morgan fingerprint density at radius 3 is 2.82 bits per heavy atom. The Morgan fingerprint density at radius 1 is 1.36 bits per heavy atom. The highest BCUT2D eigenvalue weighted by Crippen LogP contribution is 2.23. The molecule has 0 bridgehead atoms. The monoisotopic (exact) mass is 305 g/mol. The average molecular weight is 305 g/mol. The van der Waals surface area contributed by atoms with Crippen molar-refractivity contribution in [3.8, 4) is 0 Å². The number of hydrogen-bond acceptors (Lipinski definition) is 5. The fourth-order valence-corrected chi connectivity index (χ4v) is 2.90. The van der Waals surface area contributed by atoms with Crippen LogP contribution in [-0.4, -0.2) is 53.5 Å². The van der Waals surface area contributed by atoms with Crippen molar-refractivity contribution in [1.29, 1.82) is 0 Å².